The molecule has 24 heavy (non-hydrogen) atoms. The number of hydrogen-bond donors (Lipinski definition) is 1. The van der Waals surface area contributed by atoms with E-state index in [1.54, 1.807) is 30.3 Å². The summed E-state index contributed by atoms with van der Waals surface area (Å²) in [5, 5.41) is 1.28. The van der Waals surface area contributed by atoms with Crippen molar-refractivity contribution in [3.8, 4) is 0 Å². The van der Waals surface area contributed by atoms with Crippen LogP contribution in [0.25, 0.3) is 0 Å². The lowest BCUT2D eigenvalue weighted by Gasteiger charge is -2.11. The third kappa shape index (κ3) is 5.24. The van der Waals surface area contributed by atoms with Gasteiger partial charge in [-0.3, -0.25) is 15.1 Å². The lowest BCUT2D eigenvalue weighted by Crippen LogP contribution is -2.06. The van der Waals surface area contributed by atoms with Gasteiger partial charge in [-0.05, 0) is 24.3 Å². The molecule has 128 valence electrons. The largest absolute Gasteiger partial charge is 0.469 e. The number of nitrogens with zero attached hydrogens (tertiary/aromatic N) is 1. The van der Waals surface area contributed by atoms with Crippen LogP contribution < -0.4 is 5.48 Å². The van der Waals surface area contributed by atoms with Gasteiger partial charge >= 0.3 is 5.97 Å². The van der Waals surface area contributed by atoms with Crippen molar-refractivity contribution < 1.29 is 14.4 Å². The molecule has 0 aliphatic rings. The Kier molecular flexibility index (Phi) is 7.12. The maximum absolute atomic E-state index is 11.1. The Labute approximate surface area is 154 Å². The molecule has 0 radical (unpaired) electrons. The molecule has 0 aliphatic heterocycles. The molecule has 8 heteroatoms. The Bertz CT molecular complexity index is 705. The molecule has 0 aliphatic carbocycles. The molecule has 1 N–H and O–H groups in total. The smallest absolute Gasteiger partial charge is 0.305 e. The maximum atomic E-state index is 11.1. The van der Waals surface area contributed by atoms with Crippen molar-refractivity contribution in [2.24, 2.45) is 0 Å². The lowest BCUT2D eigenvalue weighted by atomic mass is 10.2. The van der Waals surface area contributed by atoms with E-state index in [0.29, 0.717) is 33.4 Å². The summed E-state index contributed by atoms with van der Waals surface area (Å²) in [5.41, 5.74) is 4.58. The number of aryl methyl sites for hydroxylation is 1. The van der Waals surface area contributed by atoms with Crippen LogP contribution in [0.5, 0.6) is 0 Å². The molecule has 0 unspecified atom stereocenters. The van der Waals surface area contributed by atoms with Gasteiger partial charge in [0.2, 0.25) is 0 Å². The third-order valence-electron chi connectivity index (χ3n) is 3.18. The highest BCUT2D eigenvalue weighted by atomic mass is 35.5. The van der Waals surface area contributed by atoms with E-state index in [0.717, 1.165) is 0 Å². The number of carbonyl (C=O) groups excluding carboxylic acids is 1. The van der Waals surface area contributed by atoms with Gasteiger partial charge in [0.1, 0.15) is 6.61 Å². The molecule has 2 aromatic rings. The number of methoxy groups -OCH3 is 1. The van der Waals surface area contributed by atoms with Gasteiger partial charge in [0, 0.05) is 27.7 Å². The third-order valence-corrected chi connectivity index (χ3v) is 4.18. The van der Waals surface area contributed by atoms with E-state index in [4.69, 9.17) is 39.6 Å². The molecule has 0 fully saturated rings. The number of nitrogens with one attached hydrogen (secondary N) is 1. The average molecular weight is 390 g/mol. The van der Waals surface area contributed by atoms with E-state index in [1.807, 2.05) is 0 Å². The Morgan fingerprint density at radius 3 is 2.50 bits per heavy atom. The highest BCUT2D eigenvalue weighted by Gasteiger charge is 2.09. The first-order valence-electron chi connectivity index (χ1n) is 7.04. The molecule has 0 spiro atoms. The zero-order valence-corrected chi connectivity index (χ0v) is 15.1. The number of hydrogen-bond acceptors (Lipinski definition) is 5. The molecule has 0 saturated heterocycles. The van der Waals surface area contributed by atoms with Crippen LogP contribution in [0.3, 0.4) is 0 Å². The second-order valence-corrected chi connectivity index (χ2v) is 5.98. The number of aromatic nitrogens is 1. The minimum Gasteiger partial charge on any atom is -0.469 e. The minimum absolute atomic E-state index is 0.166. The molecule has 1 aromatic carbocycles. The van der Waals surface area contributed by atoms with Crippen molar-refractivity contribution in [2.45, 2.75) is 19.4 Å². The maximum Gasteiger partial charge on any atom is 0.305 e. The van der Waals surface area contributed by atoms with Crippen LogP contribution >= 0.6 is 34.8 Å². The molecule has 0 atom stereocenters. The highest BCUT2D eigenvalue weighted by molar-refractivity contribution is 6.36. The van der Waals surface area contributed by atoms with Crippen molar-refractivity contribution in [3.05, 3.63) is 56.8 Å². The summed E-state index contributed by atoms with van der Waals surface area (Å²) in [6.45, 7) is 0.166. The molecule has 0 amide bonds. The molecular formula is C16H15Cl3N2O3. The fourth-order valence-corrected chi connectivity index (χ4v) is 2.59. The minimum atomic E-state index is -0.296. The summed E-state index contributed by atoms with van der Waals surface area (Å²) < 4.78 is 4.59. The molecule has 0 bridgehead atoms. The van der Waals surface area contributed by atoms with Gasteiger partial charge < -0.3 is 4.74 Å². The van der Waals surface area contributed by atoms with Crippen molar-refractivity contribution in [3.63, 3.8) is 0 Å². The number of ether oxygens (including phenoxy) is 1. The van der Waals surface area contributed by atoms with Crippen LogP contribution in [-0.4, -0.2) is 18.1 Å². The predicted molar refractivity (Wildman–Crippen MR) is 94.5 cm³/mol. The van der Waals surface area contributed by atoms with Crippen molar-refractivity contribution in [1.29, 1.82) is 0 Å². The van der Waals surface area contributed by atoms with E-state index in [9.17, 15) is 4.79 Å². The highest BCUT2D eigenvalue weighted by Crippen LogP contribution is 2.26. The summed E-state index contributed by atoms with van der Waals surface area (Å²) in [7, 11) is 1.35. The van der Waals surface area contributed by atoms with Gasteiger partial charge in [-0.2, -0.15) is 0 Å². The fraction of sp³-hybridized carbons (Fsp3) is 0.250. The van der Waals surface area contributed by atoms with Crippen molar-refractivity contribution in [1.82, 2.24) is 4.98 Å². The number of rotatable bonds is 7. The van der Waals surface area contributed by atoms with Gasteiger partial charge in [-0.25, -0.2) is 4.98 Å². The number of benzene rings is 1. The first-order valence-corrected chi connectivity index (χ1v) is 8.17. The Morgan fingerprint density at radius 1 is 1.17 bits per heavy atom. The van der Waals surface area contributed by atoms with Gasteiger partial charge in [0.05, 0.1) is 19.2 Å². The van der Waals surface area contributed by atoms with Gasteiger partial charge in [0.25, 0.3) is 0 Å². The standard InChI is InChI=1S/C16H15Cl3N2O3/c1-23-15(22)8-6-10-5-7-14(16(19)20-10)21-24-9-11-12(17)3-2-4-13(11)18/h2-5,7,21H,6,8-9H2,1H3. The molecule has 0 saturated carbocycles. The molecule has 1 aromatic heterocycles. The second-order valence-electron chi connectivity index (χ2n) is 4.81. The quantitative estimate of drug-likeness (QED) is 0.423. The van der Waals surface area contributed by atoms with E-state index in [-0.39, 0.29) is 24.2 Å². The number of carbonyl (C=O) groups is 1. The summed E-state index contributed by atoms with van der Waals surface area (Å²) in [6.07, 6.45) is 0.691. The number of halogens is 3. The van der Waals surface area contributed by atoms with Crippen LogP contribution in [0.1, 0.15) is 17.7 Å². The molecule has 2 rings (SSSR count). The van der Waals surface area contributed by atoms with E-state index in [1.165, 1.54) is 7.11 Å². The van der Waals surface area contributed by atoms with E-state index >= 15 is 0 Å². The number of pyridine rings is 1. The van der Waals surface area contributed by atoms with Crippen LogP contribution in [0.15, 0.2) is 30.3 Å². The Hall–Kier alpha value is -1.53. The summed E-state index contributed by atoms with van der Waals surface area (Å²) in [6, 6.07) is 8.70. The summed E-state index contributed by atoms with van der Waals surface area (Å²) in [5.74, 6) is -0.296. The molecule has 5 nitrogen and oxygen atoms in total. The molecular weight excluding hydrogens is 375 g/mol. The van der Waals surface area contributed by atoms with E-state index < -0.39 is 0 Å². The normalized spacial score (nSPS) is 10.5. The van der Waals surface area contributed by atoms with E-state index in [2.05, 4.69) is 15.2 Å². The van der Waals surface area contributed by atoms with Gasteiger partial charge in [-0.15, -0.1) is 0 Å². The van der Waals surface area contributed by atoms with Crippen LogP contribution in [0, 0.1) is 0 Å². The Balaban J connectivity index is 1.92. The monoisotopic (exact) mass is 388 g/mol. The number of anilines is 1. The first kappa shape index (κ1) is 18.8. The SMILES string of the molecule is COC(=O)CCc1ccc(NOCc2c(Cl)cccc2Cl)c(Cl)n1. The van der Waals surface area contributed by atoms with Crippen molar-refractivity contribution >= 4 is 46.5 Å². The van der Waals surface area contributed by atoms with Gasteiger partial charge in [-0.1, -0.05) is 40.9 Å². The first-order chi connectivity index (χ1) is 11.5. The average Bonchev–Trinajstić information content (AvgIpc) is 2.56. The summed E-state index contributed by atoms with van der Waals surface area (Å²) in [4.78, 5) is 20.7. The van der Waals surface area contributed by atoms with Gasteiger partial charge in [0.15, 0.2) is 5.15 Å². The topological polar surface area (TPSA) is 60.5 Å². The van der Waals surface area contributed by atoms with Crippen LogP contribution in [0.4, 0.5) is 5.69 Å². The fourth-order valence-electron chi connectivity index (χ4n) is 1.88. The zero-order chi connectivity index (χ0) is 17.5. The summed E-state index contributed by atoms with van der Waals surface area (Å²) >= 11 is 18.2. The molecule has 1 heterocycles. The van der Waals surface area contributed by atoms with Crippen molar-refractivity contribution in [2.75, 3.05) is 12.6 Å². The zero-order valence-electron chi connectivity index (χ0n) is 12.8. The predicted octanol–water partition coefficient (Wildman–Crippen LogP) is 4.69. The second kappa shape index (κ2) is 9.08. The van der Waals surface area contributed by atoms with Crippen LogP contribution in [-0.2, 0) is 27.4 Å². The van der Waals surface area contributed by atoms with Crippen LogP contribution in [0.2, 0.25) is 15.2 Å². The lowest BCUT2D eigenvalue weighted by molar-refractivity contribution is -0.140. The Morgan fingerprint density at radius 2 is 1.88 bits per heavy atom. The number of esters is 1.